The van der Waals surface area contributed by atoms with Crippen molar-refractivity contribution in [1.29, 1.82) is 0 Å². The van der Waals surface area contributed by atoms with Gasteiger partial charge in [-0.15, -0.1) is 0 Å². The number of anilines is 1. The van der Waals surface area contributed by atoms with Crippen LogP contribution < -0.4 is 5.73 Å². The minimum absolute atomic E-state index is 0.0850. The molecule has 102 valence electrons. The van der Waals surface area contributed by atoms with Crippen LogP contribution in [0.4, 0.5) is 5.82 Å². The first-order chi connectivity index (χ1) is 8.52. The zero-order valence-corrected chi connectivity index (χ0v) is 11.5. The minimum atomic E-state index is 0.0850. The molecule has 1 rings (SSSR count). The summed E-state index contributed by atoms with van der Waals surface area (Å²) in [7, 11) is 4.01. The SMILES string of the molecule is CCCN(CCN(C)C)C(=O)Cn1ccc(N)n1. The van der Waals surface area contributed by atoms with Crippen molar-refractivity contribution in [3.8, 4) is 0 Å². The van der Waals surface area contributed by atoms with E-state index >= 15 is 0 Å². The number of nitrogen functional groups attached to an aromatic ring is 1. The van der Waals surface area contributed by atoms with Crippen LogP contribution in [0.3, 0.4) is 0 Å². The molecule has 1 amide bonds. The number of aromatic nitrogens is 2. The highest BCUT2D eigenvalue weighted by atomic mass is 16.2. The van der Waals surface area contributed by atoms with Crippen LogP contribution in [0.5, 0.6) is 0 Å². The highest BCUT2D eigenvalue weighted by Crippen LogP contribution is 2.00. The molecule has 6 nitrogen and oxygen atoms in total. The third-order valence-electron chi connectivity index (χ3n) is 2.62. The summed E-state index contributed by atoms with van der Waals surface area (Å²) in [6.45, 7) is 4.72. The Labute approximate surface area is 108 Å². The van der Waals surface area contributed by atoms with Crippen LogP contribution in [0.15, 0.2) is 12.3 Å². The van der Waals surface area contributed by atoms with E-state index < -0.39 is 0 Å². The van der Waals surface area contributed by atoms with Gasteiger partial charge in [-0.05, 0) is 26.6 Å². The molecular weight excluding hydrogens is 230 g/mol. The van der Waals surface area contributed by atoms with Crippen LogP contribution in [-0.2, 0) is 11.3 Å². The maximum absolute atomic E-state index is 12.1. The molecule has 6 heteroatoms. The Kier molecular flexibility index (Phi) is 5.64. The van der Waals surface area contributed by atoms with Crippen molar-refractivity contribution in [2.45, 2.75) is 19.9 Å². The molecule has 0 atom stereocenters. The van der Waals surface area contributed by atoms with Gasteiger partial charge in [0.25, 0.3) is 0 Å². The summed E-state index contributed by atoms with van der Waals surface area (Å²) in [5.74, 6) is 0.528. The standard InChI is InChI=1S/C12H23N5O/c1-4-6-16(9-8-15(2)3)12(18)10-17-7-5-11(13)14-17/h5,7H,4,6,8-10H2,1-3H3,(H2,13,14). The van der Waals surface area contributed by atoms with E-state index in [2.05, 4.69) is 16.9 Å². The zero-order chi connectivity index (χ0) is 13.5. The second-order valence-electron chi connectivity index (χ2n) is 4.62. The second kappa shape index (κ2) is 7.00. The van der Waals surface area contributed by atoms with Gasteiger partial charge in [0.2, 0.25) is 5.91 Å². The van der Waals surface area contributed by atoms with Crippen LogP contribution in [0.1, 0.15) is 13.3 Å². The lowest BCUT2D eigenvalue weighted by Crippen LogP contribution is -2.39. The number of likely N-dealkylation sites (N-methyl/N-ethyl adjacent to an activating group) is 1. The summed E-state index contributed by atoms with van der Waals surface area (Å²) in [5, 5.41) is 4.02. The minimum Gasteiger partial charge on any atom is -0.382 e. The molecule has 0 aliphatic carbocycles. The van der Waals surface area contributed by atoms with Crippen LogP contribution >= 0.6 is 0 Å². The predicted octanol–water partition coefficient (Wildman–Crippen LogP) is 0.266. The number of amides is 1. The van der Waals surface area contributed by atoms with Crippen molar-refractivity contribution in [2.24, 2.45) is 0 Å². The summed E-state index contributed by atoms with van der Waals surface area (Å²) >= 11 is 0. The van der Waals surface area contributed by atoms with Crippen LogP contribution in [0.25, 0.3) is 0 Å². The van der Waals surface area contributed by atoms with Crippen molar-refractivity contribution in [2.75, 3.05) is 39.5 Å². The van der Waals surface area contributed by atoms with Crippen LogP contribution in [0, 0.1) is 0 Å². The summed E-state index contributed by atoms with van der Waals surface area (Å²) in [5.41, 5.74) is 5.52. The van der Waals surface area contributed by atoms with Crippen molar-refractivity contribution in [3.05, 3.63) is 12.3 Å². The molecule has 0 aliphatic rings. The number of rotatable bonds is 7. The lowest BCUT2D eigenvalue weighted by atomic mass is 10.3. The lowest BCUT2D eigenvalue weighted by molar-refractivity contribution is -0.132. The third-order valence-corrected chi connectivity index (χ3v) is 2.62. The fourth-order valence-electron chi connectivity index (χ4n) is 1.66. The molecule has 0 saturated heterocycles. The van der Waals surface area contributed by atoms with E-state index in [1.54, 1.807) is 16.9 Å². The van der Waals surface area contributed by atoms with Crippen molar-refractivity contribution in [3.63, 3.8) is 0 Å². The average molecular weight is 253 g/mol. The molecule has 1 aromatic rings. The molecule has 0 aliphatic heterocycles. The van der Waals surface area contributed by atoms with Gasteiger partial charge in [-0.1, -0.05) is 6.92 Å². The topological polar surface area (TPSA) is 67.4 Å². The number of carbonyl (C=O) groups excluding carboxylic acids is 1. The van der Waals surface area contributed by atoms with Gasteiger partial charge in [0.15, 0.2) is 0 Å². The van der Waals surface area contributed by atoms with Crippen LogP contribution in [-0.4, -0.2) is 59.2 Å². The Morgan fingerprint density at radius 1 is 1.39 bits per heavy atom. The van der Waals surface area contributed by atoms with Gasteiger partial charge < -0.3 is 15.5 Å². The Balaban J connectivity index is 2.53. The van der Waals surface area contributed by atoms with Crippen molar-refractivity contribution >= 4 is 11.7 Å². The van der Waals surface area contributed by atoms with Gasteiger partial charge in [-0.25, -0.2) is 0 Å². The molecule has 0 fully saturated rings. The number of nitrogens with two attached hydrogens (primary N) is 1. The van der Waals surface area contributed by atoms with Crippen molar-refractivity contribution < 1.29 is 4.79 Å². The highest BCUT2D eigenvalue weighted by molar-refractivity contribution is 5.75. The van der Waals surface area contributed by atoms with Gasteiger partial charge >= 0.3 is 0 Å². The number of hydrogen-bond acceptors (Lipinski definition) is 4. The predicted molar refractivity (Wildman–Crippen MR) is 72.1 cm³/mol. The Hall–Kier alpha value is -1.56. The van der Waals surface area contributed by atoms with E-state index in [-0.39, 0.29) is 12.5 Å². The number of nitrogens with zero attached hydrogens (tertiary/aromatic N) is 4. The normalized spacial score (nSPS) is 10.9. The molecular formula is C12H23N5O. The van der Waals surface area contributed by atoms with Gasteiger partial charge in [0.05, 0.1) is 0 Å². The van der Waals surface area contributed by atoms with E-state index in [9.17, 15) is 4.79 Å². The van der Waals surface area contributed by atoms with Gasteiger partial charge in [-0.2, -0.15) is 5.10 Å². The molecule has 1 aromatic heterocycles. The number of carbonyl (C=O) groups is 1. The molecule has 0 spiro atoms. The lowest BCUT2D eigenvalue weighted by Gasteiger charge is -2.23. The van der Waals surface area contributed by atoms with E-state index in [0.717, 1.165) is 26.1 Å². The molecule has 0 bridgehead atoms. The molecule has 2 N–H and O–H groups in total. The fraction of sp³-hybridized carbons (Fsp3) is 0.667. The molecule has 0 aromatic carbocycles. The molecule has 1 heterocycles. The maximum Gasteiger partial charge on any atom is 0.244 e. The molecule has 18 heavy (non-hydrogen) atoms. The first-order valence-electron chi connectivity index (χ1n) is 6.24. The van der Waals surface area contributed by atoms with E-state index in [0.29, 0.717) is 5.82 Å². The molecule has 0 unspecified atom stereocenters. The summed E-state index contributed by atoms with van der Waals surface area (Å²) < 4.78 is 1.58. The Morgan fingerprint density at radius 2 is 2.11 bits per heavy atom. The average Bonchev–Trinajstić information content (AvgIpc) is 2.69. The largest absolute Gasteiger partial charge is 0.382 e. The number of hydrogen-bond donors (Lipinski definition) is 1. The van der Waals surface area contributed by atoms with Gasteiger partial charge in [-0.3, -0.25) is 9.48 Å². The van der Waals surface area contributed by atoms with E-state index in [1.807, 2.05) is 19.0 Å². The molecule has 0 saturated carbocycles. The smallest absolute Gasteiger partial charge is 0.244 e. The maximum atomic E-state index is 12.1. The summed E-state index contributed by atoms with van der Waals surface area (Å²) in [4.78, 5) is 16.1. The monoisotopic (exact) mass is 253 g/mol. The first-order valence-corrected chi connectivity index (χ1v) is 6.24. The van der Waals surface area contributed by atoms with Gasteiger partial charge in [0, 0.05) is 25.8 Å². The highest BCUT2D eigenvalue weighted by Gasteiger charge is 2.13. The quantitative estimate of drug-likeness (QED) is 0.757. The Morgan fingerprint density at radius 3 is 2.61 bits per heavy atom. The van der Waals surface area contributed by atoms with E-state index in [4.69, 9.17) is 5.73 Å². The van der Waals surface area contributed by atoms with Crippen molar-refractivity contribution in [1.82, 2.24) is 19.6 Å². The van der Waals surface area contributed by atoms with Gasteiger partial charge in [0.1, 0.15) is 12.4 Å². The second-order valence-corrected chi connectivity index (χ2v) is 4.62. The molecule has 0 radical (unpaired) electrons. The third kappa shape index (κ3) is 4.75. The summed E-state index contributed by atoms with van der Waals surface area (Å²) in [6.07, 6.45) is 2.68. The summed E-state index contributed by atoms with van der Waals surface area (Å²) in [6, 6.07) is 1.69. The Bertz CT molecular complexity index is 374. The van der Waals surface area contributed by atoms with Crippen LogP contribution in [0.2, 0.25) is 0 Å². The fourth-order valence-corrected chi connectivity index (χ4v) is 1.66. The first kappa shape index (κ1) is 14.5. The van der Waals surface area contributed by atoms with E-state index in [1.165, 1.54) is 0 Å². The zero-order valence-electron chi connectivity index (χ0n) is 11.5.